The lowest BCUT2D eigenvalue weighted by molar-refractivity contribution is 0.770. The zero-order valence-electron chi connectivity index (χ0n) is 64.8. The second-order valence-corrected chi connectivity index (χ2v) is 31.7. The number of rotatable bonds is 13. The van der Waals surface area contributed by atoms with Gasteiger partial charge in [-0.2, -0.15) is 0 Å². The Morgan fingerprint density at radius 3 is 1.08 bits per heavy atom. The van der Waals surface area contributed by atoms with Crippen molar-refractivity contribution in [3.8, 4) is 118 Å². The van der Waals surface area contributed by atoms with Crippen molar-refractivity contribution in [2.45, 2.75) is 11.3 Å². The summed E-state index contributed by atoms with van der Waals surface area (Å²) in [5, 5.41) is 7.12. The molecule has 4 heterocycles. The molecule has 0 bridgehead atoms. The molecule has 554 valence electrons. The van der Waals surface area contributed by atoms with Crippen molar-refractivity contribution in [1.29, 1.82) is 0 Å². The van der Waals surface area contributed by atoms with Gasteiger partial charge in [-0.1, -0.05) is 297 Å². The van der Waals surface area contributed by atoms with Crippen molar-refractivity contribution in [2.24, 2.45) is 0 Å². The predicted octanol–water partition coefficient (Wildman–Crippen LogP) is 28.4. The van der Waals surface area contributed by atoms with E-state index in [1.807, 2.05) is 12.1 Å². The molecule has 0 radical (unpaired) electrons. The maximum Gasteiger partial charge on any atom is 0.164 e. The number of benzene rings is 18. The van der Waals surface area contributed by atoms with E-state index in [9.17, 15) is 0 Å². The number of aromatic nitrogens is 6. The van der Waals surface area contributed by atoms with Gasteiger partial charge in [-0.05, 0) is 239 Å². The molecule has 2 aliphatic carbocycles. The van der Waals surface area contributed by atoms with Crippen LogP contribution in [-0.2, 0) is 5.41 Å². The molecule has 24 rings (SSSR count). The lowest BCUT2D eigenvalue weighted by atomic mass is 9.66. The number of hydrogen-bond donors (Lipinski definition) is 0. The Morgan fingerprint density at radius 2 is 0.546 bits per heavy atom. The summed E-state index contributed by atoms with van der Waals surface area (Å²) in [5.41, 5.74) is 33.8. The van der Waals surface area contributed by atoms with Gasteiger partial charge in [0.25, 0.3) is 0 Å². The molecule has 0 fully saturated rings. The molecule has 0 N–H and O–H groups in total. The van der Waals surface area contributed by atoms with E-state index in [-0.39, 0.29) is 5.92 Å². The molecule has 0 aliphatic heterocycles. The summed E-state index contributed by atoms with van der Waals surface area (Å²) in [6.45, 7) is 0. The summed E-state index contributed by atoms with van der Waals surface area (Å²) in [7, 11) is 0. The van der Waals surface area contributed by atoms with Gasteiger partial charge in [0.2, 0.25) is 0 Å². The molecule has 4 aromatic heterocycles. The quantitative estimate of drug-likeness (QED) is 0.116. The molecule has 0 saturated heterocycles. The largest absolute Gasteiger partial charge is 0.309 e. The Balaban J connectivity index is 0.829. The summed E-state index contributed by atoms with van der Waals surface area (Å²) in [4.78, 5) is 16.3. The van der Waals surface area contributed by atoms with E-state index in [0.29, 0.717) is 17.5 Å². The first kappa shape index (κ1) is 67.8. The lowest BCUT2D eigenvalue weighted by Gasteiger charge is -2.36. The van der Waals surface area contributed by atoms with Gasteiger partial charge in [-0.25, -0.2) is 15.0 Å². The molecule has 0 spiro atoms. The summed E-state index contributed by atoms with van der Waals surface area (Å²) in [6.07, 6.45) is 0. The van der Waals surface area contributed by atoms with Crippen LogP contribution in [0.2, 0.25) is 0 Å². The van der Waals surface area contributed by atoms with Gasteiger partial charge < -0.3 is 13.7 Å². The molecule has 2 aliphatic rings. The predicted molar refractivity (Wildman–Crippen MR) is 491 cm³/mol. The smallest absolute Gasteiger partial charge is 0.164 e. The zero-order valence-corrected chi connectivity index (χ0v) is 64.8. The third-order valence-corrected chi connectivity index (χ3v) is 25.2. The highest BCUT2D eigenvalue weighted by Crippen LogP contribution is 2.60. The van der Waals surface area contributed by atoms with E-state index in [1.54, 1.807) is 0 Å². The normalized spacial score (nSPS) is 14.0. The third kappa shape index (κ3) is 10.8. The maximum absolute atomic E-state index is 5.53. The third-order valence-electron chi connectivity index (χ3n) is 25.2. The maximum atomic E-state index is 5.53. The molecule has 22 aromatic rings. The Hall–Kier alpha value is -15.6. The molecular weight excluding hydrogens is 1440 g/mol. The zero-order chi connectivity index (χ0) is 78.2. The monoisotopic (exact) mass is 1510 g/mol. The van der Waals surface area contributed by atoms with Crippen molar-refractivity contribution in [1.82, 2.24) is 28.7 Å². The standard InChI is InChI=1S/C113H72N6/c1-7-29-72(30-8-1)109-97-46-20-19-41-89(97)90-56-51-75(69-100(90)109)80-61-81(76-54-59-106-98(67-76)94-44-23-27-49-104(94)117(106)86-35-13-4-14-36-86)64-84(63-80)113(101-47-25-21-42-91(101)92-57-53-79(70-102(92)113)112-115-110(73-31-9-2-10-32-73)114-111(116-112)74-33-11-3-12-34-74)85-65-82(77-55-60-107-99(68-77)95-45-24-28-50-105(95)118(107)87-37-15-5-16-38-87)62-83(66-85)78-52-58-96-93-43-22-26-48-103(93)119(108(96)71-78)88-39-17-6-18-40-88/h1-71,109H. The minimum atomic E-state index is -1.08. The molecular formula is C113H72N6. The van der Waals surface area contributed by atoms with Crippen LogP contribution in [0, 0.1) is 0 Å². The summed E-state index contributed by atoms with van der Waals surface area (Å²) in [5.74, 6) is 1.80. The summed E-state index contributed by atoms with van der Waals surface area (Å²) in [6, 6.07) is 160. The van der Waals surface area contributed by atoms with Crippen LogP contribution in [0.4, 0.5) is 0 Å². The van der Waals surface area contributed by atoms with Crippen LogP contribution in [0.5, 0.6) is 0 Å². The van der Waals surface area contributed by atoms with Gasteiger partial charge in [0.1, 0.15) is 0 Å². The van der Waals surface area contributed by atoms with Gasteiger partial charge in [0.05, 0.1) is 38.5 Å². The van der Waals surface area contributed by atoms with E-state index in [4.69, 9.17) is 15.0 Å². The molecule has 6 heteroatoms. The molecule has 0 amide bonds. The Labute approximate surface area is 688 Å². The lowest BCUT2D eigenvalue weighted by Crippen LogP contribution is -2.29. The van der Waals surface area contributed by atoms with E-state index in [1.165, 1.54) is 65.7 Å². The molecule has 119 heavy (non-hydrogen) atoms. The van der Waals surface area contributed by atoms with Crippen molar-refractivity contribution in [3.63, 3.8) is 0 Å². The minimum Gasteiger partial charge on any atom is -0.309 e. The average molecular weight is 1510 g/mol. The van der Waals surface area contributed by atoms with Crippen molar-refractivity contribution < 1.29 is 0 Å². The number of fused-ring (bicyclic) bond motifs is 15. The van der Waals surface area contributed by atoms with Crippen LogP contribution in [0.25, 0.3) is 183 Å². The number of hydrogen-bond acceptors (Lipinski definition) is 3. The van der Waals surface area contributed by atoms with Gasteiger partial charge in [0.15, 0.2) is 17.5 Å². The first-order valence-electron chi connectivity index (χ1n) is 41.0. The van der Waals surface area contributed by atoms with E-state index in [2.05, 4.69) is 432 Å². The van der Waals surface area contributed by atoms with Gasteiger partial charge in [-0.3, -0.25) is 0 Å². The highest BCUT2D eigenvalue weighted by molar-refractivity contribution is 6.13. The van der Waals surface area contributed by atoms with Crippen molar-refractivity contribution in [3.05, 3.63) is 470 Å². The fraction of sp³-hybridized carbons (Fsp3) is 0.0177. The summed E-state index contributed by atoms with van der Waals surface area (Å²) < 4.78 is 7.28. The second kappa shape index (κ2) is 27.3. The fourth-order valence-electron chi connectivity index (χ4n) is 19.9. The minimum absolute atomic E-state index is 0.0244. The molecule has 18 aromatic carbocycles. The SMILES string of the molecule is c1ccc(-c2nc(-c3ccccc3)nc(-c3ccc4c(c3)C(c3cc(-c5ccc6c(c5)C(c5ccccc5)c5ccccc5-6)cc(-c5ccc6c(c5)c5ccccc5n6-c5ccccc5)c3)(c3cc(-c5ccc6c(c5)c5ccccc5n6-c5ccccc5)cc(-c5ccc6c7ccccc7n(-c7ccccc7)c6c5)c3)c3ccccc3-4)n2)cc1. The molecule has 0 saturated carbocycles. The van der Waals surface area contributed by atoms with Crippen LogP contribution in [-0.4, -0.2) is 28.7 Å². The van der Waals surface area contributed by atoms with Crippen molar-refractivity contribution >= 4 is 65.4 Å². The van der Waals surface area contributed by atoms with Gasteiger partial charge in [0, 0.05) is 72.0 Å². The van der Waals surface area contributed by atoms with Crippen LogP contribution in [0.1, 0.15) is 44.9 Å². The average Bonchev–Trinajstić information content (AvgIpc) is 1.52. The van der Waals surface area contributed by atoms with Crippen LogP contribution in [0.3, 0.4) is 0 Å². The highest BCUT2D eigenvalue weighted by Gasteiger charge is 2.48. The van der Waals surface area contributed by atoms with E-state index >= 15 is 0 Å². The Morgan fingerprint density at radius 1 is 0.193 bits per heavy atom. The van der Waals surface area contributed by atoms with Crippen LogP contribution in [0.15, 0.2) is 431 Å². The Bertz CT molecular complexity index is 7780. The van der Waals surface area contributed by atoms with Gasteiger partial charge in [-0.15, -0.1) is 0 Å². The van der Waals surface area contributed by atoms with Crippen LogP contribution < -0.4 is 0 Å². The molecule has 6 nitrogen and oxygen atoms in total. The topological polar surface area (TPSA) is 53.5 Å². The Kier molecular flexibility index (Phi) is 15.6. The summed E-state index contributed by atoms with van der Waals surface area (Å²) >= 11 is 0. The van der Waals surface area contributed by atoms with E-state index < -0.39 is 5.41 Å². The number of nitrogens with zero attached hydrogens (tertiary/aromatic N) is 6. The first-order chi connectivity index (χ1) is 59.0. The molecule has 2 atom stereocenters. The van der Waals surface area contributed by atoms with E-state index in [0.717, 1.165) is 139 Å². The molecule has 2 unspecified atom stereocenters. The fourth-order valence-corrected chi connectivity index (χ4v) is 19.9. The van der Waals surface area contributed by atoms with Gasteiger partial charge >= 0.3 is 0 Å². The first-order valence-corrected chi connectivity index (χ1v) is 41.0. The van der Waals surface area contributed by atoms with Crippen LogP contribution >= 0.6 is 0 Å². The highest BCUT2D eigenvalue weighted by atomic mass is 15.0. The number of para-hydroxylation sites is 6. The second-order valence-electron chi connectivity index (χ2n) is 31.7. The van der Waals surface area contributed by atoms with Crippen molar-refractivity contribution in [2.75, 3.05) is 0 Å².